The quantitative estimate of drug-likeness (QED) is 0.425. The minimum absolute atomic E-state index is 0.0674. The van der Waals surface area contributed by atoms with Crippen molar-refractivity contribution in [3.63, 3.8) is 0 Å². The Labute approximate surface area is 241 Å². The average Bonchev–Trinajstić information content (AvgIpc) is 3.36. The van der Waals surface area contributed by atoms with Crippen molar-refractivity contribution in [2.45, 2.75) is 37.4 Å². The molecule has 9 nitrogen and oxygen atoms in total. The zero-order valence-electron chi connectivity index (χ0n) is 22.1. The summed E-state index contributed by atoms with van der Waals surface area (Å²) in [5.41, 5.74) is 0.673. The second-order valence-corrected chi connectivity index (χ2v) is 14.0. The maximum absolute atomic E-state index is 13.4. The van der Waals surface area contributed by atoms with Crippen molar-refractivity contribution >= 4 is 48.3 Å². The molecule has 1 aromatic heterocycles. The number of nitrogens with one attached hydrogen (secondary N) is 1. The number of halogens is 2. The molecule has 0 spiro atoms. The lowest BCUT2D eigenvalue weighted by Crippen LogP contribution is -2.49. The summed E-state index contributed by atoms with van der Waals surface area (Å²) in [6, 6.07) is 8.57. The first-order valence-electron chi connectivity index (χ1n) is 13.2. The molecule has 2 aliphatic rings. The molecule has 39 heavy (non-hydrogen) atoms. The number of aromatic amines is 1. The minimum Gasteiger partial charge on any atom is -0.307 e. The summed E-state index contributed by atoms with van der Waals surface area (Å²) in [4.78, 5) is 36.8. The van der Waals surface area contributed by atoms with Crippen molar-refractivity contribution in [2.75, 3.05) is 52.1 Å². The number of likely N-dealkylation sites (N-methyl/N-ethyl adjacent to an activating group) is 1. The van der Waals surface area contributed by atoms with Gasteiger partial charge in [0.2, 0.25) is 0 Å². The molecule has 0 aliphatic carbocycles. The van der Waals surface area contributed by atoms with Gasteiger partial charge < -0.3 is 9.88 Å². The topological polar surface area (TPSA) is 98.7 Å². The standard InChI is InChI=1S/C27H33BrClN5O4S/c1-3-39(37,38)25-5-4-20(29)12-19(25)16-34-26(35)22-14-23(28)18(13-24(22)30-27(34)36)15-32-7-6-21(17-32)33-10-8-31(2)9-11-33/h4-5,12-14,21H,3,6-11,15-17H2,1-2H3,(H,30,36). The first-order chi connectivity index (χ1) is 18.6. The van der Waals surface area contributed by atoms with E-state index in [0.717, 1.165) is 60.3 Å². The number of H-pyrrole nitrogens is 1. The molecule has 12 heteroatoms. The third kappa shape index (κ3) is 6.03. The predicted molar refractivity (Wildman–Crippen MR) is 158 cm³/mol. The van der Waals surface area contributed by atoms with Crippen LogP contribution in [0.2, 0.25) is 5.02 Å². The molecule has 1 atom stereocenters. The minimum atomic E-state index is -3.58. The smallest absolute Gasteiger partial charge is 0.307 e. The van der Waals surface area contributed by atoms with Gasteiger partial charge in [-0.05, 0) is 54.9 Å². The van der Waals surface area contributed by atoms with Gasteiger partial charge in [-0.1, -0.05) is 34.5 Å². The van der Waals surface area contributed by atoms with Crippen LogP contribution in [0, 0.1) is 0 Å². The highest BCUT2D eigenvalue weighted by molar-refractivity contribution is 9.10. The Morgan fingerprint density at radius 3 is 2.49 bits per heavy atom. The summed E-state index contributed by atoms with van der Waals surface area (Å²) in [6.07, 6.45) is 1.13. The van der Waals surface area contributed by atoms with Gasteiger partial charge in [0.1, 0.15) is 0 Å². The molecule has 2 fully saturated rings. The van der Waals surface area contributed by atoms with Crippen LogP contribution in [0.1, 0.15) is 24.5 Å². The second-order valence-electron chi connectivity index (χ2n) is 10.5. The molecule has 3 heterocycles. The lowest BCUT2D eigenvalue weighted by Gasteiger charge is -2.36. The highest BCUT2D eigenvalue weighted by atomic mass is 79.9. The number of benzene rings is 2. The molecule has 5 rings (SSSR count). The fraction of sp³-hybridized carbons (Fsp3) is 0.481. The number of fused-ring (bicyclic) bond motifs is 1. The van der Waals surface area contributed by atoms with Crippen molar-refractivity contribution in [3.8, 4) is 0 Å². The van der Waals surface area contributed by atoms with E-state index in [2.05, 4.69) is 42.7 Å². The van der Waals surface area contributed by atoms with E-state index in [4.69, 9.17) is 11.6 Å². The van der Waals surface area contributed by atoms with Crippen LogP contribution in [-0.2, 0) is 22.9 Å². The largest absolute Gasteiger partial charge is 0.329 e. The number of piperazine rings is 1. The molecular formula is C27H33BrClN5O4S. The van der Waals surface area contributed by atoms with E-state index in [1.807, 2.05) is 6.07 Å². The summed E-state index contributed by atoms with van der Waals surface area (Å²) in [7, 11) is -1.41. The second kappa shape index (κ2) is 11.5. The highest BCUT2D eigenvalue weighted by Crippen LogP contribution is 2.26. The normalized spacial score (nSPS) is 19.7. The van der Waals surface area contributed by atoms with Crippen LogP contribution in [0.3, 0.4) is 0 Å². The van der Waals surface area contributed by atoms with Crippen molar-refractivity contribution in [3.05, 3.63) is 71.8 Å². The molecular weight excluding hydrogens is 606 g/mol. The van der Waals surface area contributed by atoms with Crippen molar-refractivity contribution in [2.24, 2.45) is 0 Å². The lowest BCUT2D eigenvalue weighted by atomic mass is 10.1. The van der Waals surface area contributed by atoms with Gasteiger partial charge in [0.15, 0.2) is 9.84 Å². The molecule has 2 saturated heterocycles. The first kappa shape index (κ1) is 28.5. The maximum Gasteiger partial charge on any atom is 0.329 e. The molecule has 2 aliphatic heterocycles. The predicted octanol–water partition coefficient (Wildman–Crippen LogP) is 2.77. The van der Waals surface area contributed by atoms with Crippen LogP contribution in [0.4, 0.5) is 0 Å². The number of hydrogen-bond acceptors (Lipinski definition) is 7. The highest BCUT2D eigenvalue weighted by Gasteiger charge is 2.29. The van der Waals surface area contributed by atoms with Gasteiger partial charge in [0.05, 0.1) is 28.1 Å². The summed E-state index contributed by atoms with van der Waals surface area (Å²) in [6.45, 7) is 8.46. The average molecular weight is 639 g/mol. The van der Waals surface area contributed by atoms with E-state index < -0.39 is 21.1 Å². The molecule has 3 aromatic rings. The summed E-state index contributed by atoms with van der Waals surface area (Å²) in [5.74, 6) is -0.104. The van der Waals surface area contributed by atoms with E-state index >= 15 is 0 Å². The van der Waals surface area contributed by atoms with Crippen molar-refractivity contribution in [1.82, 2.24) is 24.3 Å². The molecule has 1 unspecified atom stereocenters. The van der Waals surface area contributed by atoms with Crippen LogP contribution >= 0.6 is 27.5 Å². The number of sulfone groups is 1. The van der Waals surface area contributed by atoms with Crippen LogP contribution in [-0.4, -0.2) is 90.8 Å². The van der Waals surface area contributed by atoms with Crippen LogP contribution in [0.15, 0.2) is 49.3 Å². The van der Waals surface area contributed by atoms with Crippen LogP contribution in [0.5, 0.6) is 0 Å². The maximum atomic E-state index is 13.4. The van der Waals surface area contributed by atoms with Gasteiger partial charge in [-0.2, -0.15) is 0 Å². The SMILES string of the molecule is CCS(=O)(=O)c1ccc(Cl)cc1Cn1c(=O)[nH]c2cc(CN3CCC(N4CCN(C)CC4)C3)c(Br)cc2c1=O. The van der Waals surface area contributed by atoms with E-state index in [0.29, 0.717) is 34.1 Å². The number of rotatable bonds is 7. The molecule has 0 amide bonds. The molecule has 2 aromatic carbocycles. The van der Waals surface area contributed by atoms with Gasteiger partial charge in [-0.15, -0.1) is 0 Å². The Morgan fingerprint density at radius 1 is 1.03 bits per heavy atom. The van der Waals surface area contributed by atoms with E-state index in [1.165, 1.54) is 18.2 Å². The summed E-state index contributed by atoms with van der Waals surface area (Å²) < 4.78 is 27.1. The van der Waals surface area contributed by atoms with Crippen molar-refractivity contribution < 1.29 is 8.42 Å². The van der Waals surface area contributed by atoms with Crippen LogP contribution in [0.25, 0.3) is 10.9 Å². The number of aromatic nitrogens is 2. The van der Waals surface area contributed by atoms with Gasteiger partial charge in [0.25, 0.3) is 5.56 Å². The molecule has 1 N–H and O–H groups in total. The Hall–Kier alpha value is -2.02. The van der Waals surface area contributed by atoms with E-state index in [1.54, 1.807) is 13.0 Å². The summed E-state index contributed by atoms with van der Waals surface area (Å²) >= 11 is 9.78. The Morgan fingerprint density at radius 2 is 1.77 bits per heavy atom. The summed E-state index contributed by atoms with van der Waals surface area (Å²) in [5, 5.41) is 0.679. The number of likely N-dealkylation sites (tertiary alicyclic amines) is 1. The van der Waals surface area contributed by atoms with Gasteiger partial charge in [-0.25, -0.2) is 13.2 Å². The fourth-order valence-electron chi connectivity index (χ4n) is 5.57. The zero-order chi connectivity index (χ0) is 27.9. The Balaban J connectivity index is 1.40. The van der Waals surface area contributed by atoms with Gasteiger partial charge in [0, 0.05) is 61.4 Å². The number of hydrogen-bond donors (Lipinski definition) is 1. The molecule has 0 bridgehead atoms. The third-order valence-electron chi connectivity index (χ3n) is 7.91. The Kier molecular flexibility index (Phi) is 8.38. The van der Waals surface area contributed by atoms with Crippen LogP contribution < -0.4 is 11.2 Å². The first-order valence-corrected chi connectivity index (χ1v) is 16.0. The number of nitrogens with zero attached hydrogens (tertiary/aromatic N) is 4. The van der Waals surface area contributed by atoms with Crippen molar-refractivity contribution in [1.29, 1.82) is 0 Å². The molecule has 0 saturated carbocycles. The molecule has 210 valence electrons. The van der Waals surface area contributed by atoms with E-state index in [9.17, 15) is 18.0 Å². The fourth-order valence-corrected chi connectivity index (χ4v) is 7.34. The monoisotopic (exact) mass is 637 g/mol. The zero-order valence-corrected chi connectivity index (χ0v) is 25.3. The van der Waals surface area contributed by atoms with E-state index in [-0.39, 0.29) is 17.2 Å². The lowest BCUT2D eigenvalue weighted by molar-refractivity contribution is 0.112. The molecule has 0 radical (unpaired) electrons. The van der Waals surface area contributed by atoms with Gasteiger partial charge >= 0.3 is 5.69 Å². The Bertz CT molecular complexity index is 1610. The van der Waals surface area contributed by atoms with Gasteiger partial charge in [-0.3, -0.25) is 19.2 Å². The third-order valence-corrected chi connectivity index (χ3v) is 10.7.